The highest BCUT2D eigenvalue weighted by molar-refractivity contribution is 5.78. The van der Waals surface area contributed by atoms with Crippen molar-refractivity contribution in [3.8, 4) is 0 Å². The van der Waals surface area contributed by atoms with Crippen molar-refractivity contribution in [1.29, 1.82) is 0 Å². The summed E-state index contributed by atoms with van der Waals surface area (Å²) in [6.07, 6.45) is -4.73. The van der Waals surface area contributed by atoms with Crippen LogP contribution in [0.3, 0.4) is 0 Å². The van der Waals surface area contributed by atoms with Gasteiger partial charge < -0.3 is 5.73 Å². The molecule has 0 heterocycles. The van der Waals surface area contributed by atoms with Gasteiger partial charge in [0.1, 0.15) is 5.78 Å². The van der Waals surface area contributed by atoms with Crippen molar-refractivity contribution in [2.45, 2.75) is 45.7 Å². The first kappa shape index (κ1) is 15.4. The summed E-state index contributed by atoms with van der Waals surface area (Å²) in [5.74, 6) is 0.0816. The molecule has 2 nitrogen and oxygen atoms in total. The molecule has 0 fully saturated rings. The van der Waals surface area contributed by atoms with Crippen LogP contribution in [-0.2, 0) is 4.79 Å². The molecule has 0 aromatic rings. The smallest absolute Gasteiger partial charge is 0.330 e. The van der Waals surface area contributed by atoms with E-state index in [1.54, 1.807) is 0 Å². The number of hydrogen-bond acceptors (Lipinski definition) is 2. The fraction of sp³-hybridized carbons (Fsp3) is 0.909. The average Bonchev–Trinajstić information content (AvgIpc) is 2.12. The summed E-state index contributed by atoms with van der Waals surface area (Å²) >= 11 is 0. The molecule has 16 heavy (non-hydrogen) atoms. The van der Waals surface area contributed by atoms with Gasteiger partial charge in [0.2, 0.25) is 0 Å². The molecule has 2 N–H and O–H groups in total. The highest BCUT2D eigenvalue weighted by Gasteiger charge is 2.28. The summed E-state index contributed by atoms with van der Waals surface area (Å²) < 4.78 is 35.6. The van der Waals surface area contributed by atoms with Crippen LogP contribution in [0, 0.1) is 11.8 Å². The van der Waals surface area contributed by atoms with Gasteiger partial charge in [-0.1, -0.05) is 13.8 Å². The maximum absolute atomic E-state index is 11.9. The monoisotopic (exact) mass is 239 g/mol. The molecule has 0 amide bonds. The standard InChI is InChI=1S/C11H20F3NO/c1-8(2)5-9(7-15)6-10(16)3-4-11(12,13)14/h8-9H,3-7,15H2,1-2H3. The predicted octanol–water partition coefficient (Wildman–Crippen LogP) is 2.91. The van der Waals surface area contributed by atoms with E-state index in [-0.39, 0.29) is 18.1 Å². The number of alkyl halides is 3. The Bertz CT molecular complexity index is 214. The Morgan fingerprint density at radius 3 is 2.25 bits per heavy atom. The Labute approximate surface area is 94.4 Å². The van der Waals surface area contributed by atoms with Gasteiger partial charge in [0, 0.05) is 12.8 Å². The van der Waals surface area contributed by atoms with Crippen molar-refractivity contribution in [3.05, 3.63) is 0 Å². The summed E-state index contributed by atoms with van der Waals surface area (Å²) in [7, 11) is 0. The van der Waals surface area contributed by atoms with E-state index in [4.69, 9.17) is 5.73 Å². The molecule has 0 radical (unpaired) electrons. The summed E-state index contributed by atoms with van der Waals surface area (Å²) in [6.45, 7) is 4.36. The van der Waals surface area contributed by atoms with E-state index >= 15 is 0 Å². The fourth-order valence-corrected chi connectivity index (χ4v) is 1.63. The molecule has 0 bridgehead atoms. The highest BCUT2D eigenvalue weighted by Crippen LogP contribution is 2.23. The predicted molar refractivity (Wildman–Crippen MR) is 56.9 cm³/mol. The summed E-state index contributed by atoms with van der Waals surface area (Å²) in [6, 6.07) is 0. The molecule has 1 unspecified atom stereocenters. The zero-order valence-electron chi connectivity index (χ0n) is 9.81. The Hall–Kier alpha value is -0.580. The second kappa shape index (κ2) is 6.89. The van der Waals surface area contributed by atoms with E-state index in [0.717, 1.165) is 6.42 Å². The SMILES string of the molecule is CC(C)CC(CN)CC(=O)CCC(F)(F)F. The number of hydrogen-bond donors (Lipinski definition) is 1. The Morgan fingerprint density at radius 2 is 1.88 bits per heavy atom. The Balaban J connectivity index is 3.92. The lowest BCUT2D eigenvalue weighted by molar-refractivity contribution is -0.143. The summed E-state index contributed by atoms with van der Waals surface area (Å²) in [4.78, 5) is 11.3. The normalized spacial score (nSPS) is 14.2. The van der Waals surface area contributed by atoms with Gasteiger partial charge in [0.05, 0.1) is 6.42 Å². The minimum atomic E-state index is -4.24. The van der Waals surface area contributed by atoms with E-state index in [1.807, 2.05) is 13.8 Å². The molecule has 0 saturated heterocycles. The third-order valence-electron chi connectivity index (χ3n) is 2.34. The number of rotatable bonds is 7. The topological polar surface area (TPSA) is 43.1 Å². The van der Waals surface area contributed by atoms with E-state index in [1.165, 1.54) is 0 Å². The van der Waals surface area contributed by atoms with E-state index in [9.17, 15) is 18.0 Å². The molecule has 0 aliphatic carbocycles. The fourth-order valence-electron chi connectivity index (χ4n) is 1.63. The van der Waals surface area contributed by atoms with Crippen molar-refractivity contribution < 1.29 is 18.0 Å². The average molecular weight is 239 g/mol. The first-order chi connectivity index (χ1) is 7.24. The van der Waals surface area contributed by atoms with Crippen molar-refractivity contribution in [3.63, 3.8) is 0 Å². The molecular weight excluding hydrogens is 219 g/mol. The van der Waals surface area contributed by atoms with Crippen LogP contribution in [0.15, 0.2) is 0 Å². The molecule has 0 rings (SSSR count). The molecule has 1 atom stereocenters. The van der Waals surface area contributed by atoms with Crippen LogP contribution in [-0.4, -0.2) is 18.5 Å². The lowest BCUT2D eigenvalue weighted by atomic mass is 9.91. The summed E-state index contributed by atoms with van der Waals surface area (Å²) in [5.41, 5.74) is 5.48. The lowest BCUT2D eigenvalue weighted by Crippen LogP contribution is -2.21. The maximum atomic E-state index is 11.9. The van der Waals surface area contributed by atoms with Gasteiger partial charge in [-0.05, 0) is 24.8 Å². The minimum absolute atomic E-state index is 0.0146. The second-order valence-corrected chi connectivity index (χ2v) is 4.59. The van der Waals surface area contributed by atoms with E-state index in [2.05, 4.69) is 0 Å². The lowest BCUT2D eigenvalue weighted by Gasteiger charge is -2.16. The van der Waals surface area contributed by atoms with Crippen molar-refractivity contribution >= 4 is 5.78 Å². The number of carbonyl (C=O) groups excluding carboxylic acids is 1. The molecule has 96 valence electrons. The first-order valence-electron chi connectivity index (χ1n) is 5.53. The number of Topliss-reactive ketones (excluding diaryl/α,β-unsaturated/α-hetero) is 1. The number of carbonyl (C=O) groups is 1. The third-order valence-corrected chi connectivity index (χ3v) is 2.34. The van der Waals surface area contributed by atoms with Gasteiger partial charge in [-0.15, -0.1) is 0 Å². The zero-order valence-corrected chi connectivity index (χ0v) is 9.81. The number of ketones is 1. The Morgan fingerprint density at radius 1 is 1.31 bits per heavy atom. The van der Waals surface area contributed by atoms with Gasteiger partial charge in [-0.25, -0.2) is 0 Å². The molecule has 0 aliphatic rings. The van der Waals surface area contributed by atoms with Gasteiger partial charge >= 0.3 is 6.18 Å². The molecule has 0 aliphatic heterocycles. The van der Waals surface area contributed by atoms with Crippen molar-refractivity contribution in [2.75, 3.05) is 6.54 Å². The molecular formula is C11H20F3NO. The molecule has 0 spiro atoms. The first-order valence-corrected chi connectivity index (χ1v) is 5.53. The second-order valence-electron chi connectivity index (χ2n) is 4.59. The van der Waals surface area contributed by atoms with Gasteiger partial charge in [-0.3, -0.25) is 4.79 Å². The van der Waals surface area contributed by atoms with Crippen LogP contribution in [0.2, 0.25) is 0 Å². The highest BCUT2D eigenvalue weighted by atomic mass is 19.4. The maximum Gasteiger partial charge on any atom is 0.389 e. The van der Waals surface area contributed by atoms with Gasteiger partial charge in [-0.2, -0.15) is 13.2 Å². The molecule has 0 aromatic carbocycles. The van der Waals surface area contributed by atoms with Crippen molar-refractivity contribution in [2.24, 2.45) is 17.6 Å². The zero-order chi connectivity index (χ0) is 12.8. The molecule has 5 heteroatoms. The van der Waals surface area contributed by atoms with Gasteiger partial charge in [0.25, 0.3) is 0 Å². The quantitative estimate of drug-likeness (QED) is 0.742. The van der Waals surface area contributed by atoms with Crippen LogP contribution in [0.1, 0.15) is 39.5 Å². The number of nitrogens with two attached hydrogens (primary N) is 1. The number of halogens is 3. The molecule has 0 aromatic heterocycles. The van der Waals surface area contributed by atoms with Crippen LogP contribution >= 0.6 is 0 Å². The van der Waals surface area contributed by atoms with E-state index in [0.29, 0.717) is 12.5 Å². The minimum Gasteiger partial charge on any atom is -0.330 e. The van der Waals surface area contributed by atoms with Crippen LogP contribution in [0.4, 0.5) is 13.2 Å². The third kappa shape index (κ3) is 8.71. The molecule has 0 saturated carbocycles. The van der Waals surface area contributed by atoms with E-state index < -0.39 is 19.0 Å². The summed E-state index contributed by atoms with van der Waals surface area (Å²) in [5, 5.41) is 0. The largest absolute Gasteiger partial charge is 0.389 e. The van der Waals surface area contributed by atoms with Crippen LogP contribution in [0.25, 0.3) is 0 Å². The van der Waals surface area contributed by atoms with Crippen molar-refractivity contribution in [1.82, 2.24) is 0 Å². The van der Waals surface area contributed by atoms with Gasteiger partial charge in [0.15, 0.2) is 0 Å². The Kier molecular flexibility index (Phi) is 6.64. The van der Waals surface area contributed by atoms with Crippen LogP contribution < -0.4 is 5.73 Å². The van der Waals surface area contributed by atoms with Crippen LogP contribution in [0.5, 0.6) is 0 Å².